The van der Waals surface area contributed by atoms with Crippen molar-refractivity contribution in [3.05, 3.63) is 24.3 Å². The predicted molar refractivity (Wildman–Crippen MR) is 87.8 cm³/mol. The summed E-state index contributed by atoms with van der Waals surface area (Å²) in [5.74, 6) is -0.242. The van der Waals surface area contributed by atoms with Gasteiger partial charge in [-0.2, -0.15) is 0 Å². The summed E-state index contributed by atoms with van der Waals surface area (Å²) < 4.78 is 32.4. The minimum atomic E-state index is -3.60. The second kappa shape index (κ2) is 7.87. The molecule has 8 heteroatoms. The van der Waals surface area contributed by atoms with Gasteiger partial charge in [-0.05, 0) is 31.5 Å². The van der Waals surface area contributed by atoms with Crippen molar-refractivity contribution in [2.75, 3.05) is 25.1 Å². The summed E-state index contributed by atoms with van der Waals surface area (Å²) >= 11 is 0. The Morgan fingerprint density at radius 1 is 1.48 bits per heavy atom. The van der Waals surface area contributed by atoms with Crippen LogP contribution in [0.25, 0.3) is 0 Å². The molecule has 1 aliphatic rings. The third-order valence-corrected chi connectivity index (χ3v) is 5.21. The van der Waals surface area contributed by atoms with Gasteiger partial charge in [0.25, 0.3) is 0 Å². The molecule has 3 N–H and O–H groups in total. The highest BCUT2D eigenvalue weighted by atomic mass is 32.2. The molecule has 23 heavy (non-hydrogen) atoms. The Bertz CT molecular complexity index is 642. The molecule has 1 heterocycles. The van der Waals surface area contributed by atoms with Gasteiger partial charge in [-0.15, -0.1) is 0 Å². The number of morpholine rings is 1. The molecular formula is C15H23N3O4S. The number of hydrogen-bond donors (Lipinski definition) is 3. The zero-order chi connectivity index (χ0) is 16.9. The van der Waals surface area contributed by atoms with Crippen LogP contribution in [0.3, 0.4) is 0 Å². The van der Waals surface area contributed by atoms with Crippen molar-refractivity contribution in [3.63, 3.8) is 0 Å². The molecule has 2 atom stereocenters. The normalized spacial score (nSPS) is 20.0. The number of ether oxygens (including phenoxy) is 1. The van der Waals surface area contributed by atoms with Gasteiger partial charge in [0, 0.05) is 18.3 Å². The third kappa shape index (κ3) is 5.00. The molecule has 2 unspecified atom stereocenters. The summed E-state index contributed by atoms with van der Waals surface area (Å²) in [6, 6.07) is 5.63. The average Bonchev–Trinajstić information content (AvgIpc) is 2.55. The summed E-state index contributed by atoms with van der Waals surface area (Å²) in [6.45, 7) is 5.21. The molecule has 1 amide bonds. The van der Waals surface area contributed by atoms with Crippen LogP contribution in [0.2, 0.25) is 0 Å². The van der Waals surface area contributed by atoms with E-state index in [9.17, 15) is 13.2 Å². The Morgan fingerprint density at radius 3 is 2.91 bits per heavy atom. The lowest BCUT2D eigenvalue weighted by Gasteiger charge is -2.23. The van der Waals surface area contributed by atoms with Gasteiger partial charge in [0.2, 0.25) is 15.9 Å². The van der Waals surface area contributed by atoms with Crippen LogP contribution < -0.4 is 15.4 Å². The van der Waals surface area contributed by atoms with Crippen molar-refractivity contribution < 1.29 is 17.9 Å². The lowest BCUT2D eigenvalue weighted by molar-refractivity contribution is -0.120. The van der Waals surface area contributed by atoms with Crippen LogP contribution in [0.1, 0.15) is 20.3 Å². The van der Waals surface area contributed by atoms with Crippen LogP contribution >= 0.6 is 0 Å². The minimum absolute atomic E-state index is 0.128. The van der Waals surface area contributed by atoms with Crippen molar-refractivity contribution in [1.82, 2.24) is 10.0 Å². The zero-order valence-corrected chi connectivity index (χ0v) is 14.2. The number of nitrogens with one attached hydrogen (secondary N) is 3. The first kappa shape index (κ1) is 17.9. The van der Waals surface area contributed by atoms with Crippen molar-refractivity contribution in [3.8, 4) is 0 Å². The summed E-state index contributed by atoms with van der Waals surface area (Å²) in [5, 5.41) is 5.77. The summed E-state index contributed by atoms with van der Waals surface area (Å²) in [4.78, 5) is 12.3. The highest BCUT2D eigenvalue weighted by Gasteiger charge is 2.22. The highest BCUT2D eigenvalue weighted by molar-refractivity contribution is 7.89. The van der Waals surface area contributed by atoms with E-state index in [1.165, 1.54) is 12.1 Å². The van der Waals surface area contributed by atoms with E-state index < -0.39 is 16.1 Å². The van der Waals surface area contributed by atoms with E-state index in [1.807, 2.05) is 6.92 Å². The predicted octanol–water partition coefficient (Wildman–Crippen LogP) is 0.690. The number of rotatable bonds is 6. The Hall–Kier alpha value is -1.48. The zero-order valence-electron chi connectivity index (χ0n) is 13.3. The van der Waals surface area contributed by atoms with Crippen molar-refractivity contribution in [1.29, 1.82) is 0 Å². The van der Waals surface area contributed by atoms with E-state index in [2.05, 4.69) is 15.4 Å². The maximum Gasteiger partial charge on any atom is 0.243 e. The average molecular weight is 341 g/mol. The molecule has 1 aliphatic heterocycles. The smallest absolute Gasteiger partial charge is 0.243 e. The van der Waals surface area contributed by atoms with Crippen molar-refractivity contribution in [2.24, 2.45) is 0 Å². The second-order valence-electron chi connectivity index (χ2n) is 5.53. The van der Waals surface area contributed by atoms with Gasteiger partial charge in [-0.1, -0.05) is 13.0 Å². The lowest BCUT2D eigenvalue weighted by Crippen LogP contribution is -2.48. The van der Waals surface area contributed by atoms with Gasteiger partial charge >= 0.3 is 0 Å². The van der Waals surface area contributed by atoms with Crippen molar-refractivity contribution in [2.45, 2.75) is 37.2 Å². The lowest BCUT2D eigenvalue weighted by atomic mass is 10.2. The molecule has 128 valence electrons. The first-order valence-electron chi connectivity index (χ1n) is 7.66. The molecular weight excluding hydrogens is 318 g/mol. The van der Waals surface area contributed by atoms with E-state index in [0.29, 0.717) is 31.9 Å². The fraction of sp³-hybridized carbons (Fsp3) is 0.533. The molecule has 0 radical (unpaired) electrons. The van der Waals surface area contributed by atoms with Gasteiger partial charge < -0.3 is 15.4 Å². The number of carbonyl (C=O) groups excluding carboxylic acids is 1. The van der Waals surface area contributed by atoms with Gasteiger partial charge in [-0.25, -0.2) is 13.1 Å². The van der Waals surface area contributed by atoms with Crippen LogP contribution in [0.15, 0.2) is 29.2 Å². The van der Waals surface area contributed by atoms with E-state index in [4.69, 9.17) is 4.74 Å². The van der Waals surface area contributed by atoms with Gasteiger partial charge in [0.15, 0.2) is 0 Å². The molecule has 2 rings (SSSR count). The van der Waals surface area contributed by atoms with Gasteiger partial charge in [0.1, 0.15) is 6.04 Å². The third-order valence-electron chi connectivity index (χ3n) is 3.62. The van der Waals surface area contributed by atoms with Gasteiger partial charge in [-0.3, -0.25) is 4.79 Å². The number of sulfonamides is 1. The molecule has 7 nitrogen and oxygen atoms in total. The SMILES string of the molecule is CCC(C)NS(=O)(=O)c1cccc(NC(=O)C2COCCN2)c1. The number of hydrogen-bond acceptors (Lipinski definition) is 5. The first-order valence-corrected chi connectivity index (χ1v) is 9.15. The molecule has 1 saturated heterocycles. The van der Waals surface area contributed by atoms with Gasteiger partial charge in [0.05, 0.1) is 18.1 Å². The Morgan fingerprint density at radius 2 is 2.26 bits per heavy atom. The fourth-order valence-corrected chi connectivity index (χ4v) is 3.49. The minimum Gasteiger partial charge on any atom is -0.378 e. The molecule has 1 aromatic carbocycles. The maximum atomic E-state index is 12.3. The van der Waals surface area contributed by atoms with Crippen LogP contribution in [-0.4, -0.2) is 46.2 Å². The van der Waals surface area contributed by atoms with E-state index >= 15 is 0 Å². The molecule has 1 aromatic rings. The van der Waals surface area contributed by atoms with E-state index in [1.54, 1.807) is 19.1 Å². The Labute approximate surface area is 136 Å². The summed E-state index contributed by atoms with van der Waals surface area (Å²) in [5.41, 5.74) is 0.439. The standard InChI is InChI=1S/C15H23N3O4S/c1-3-11(2)18-23(20,21)13-6-4-5-12(9-13)17-15(19)14-10-22-8-7-16-14/h4-6,9,11,14,16,18H,3,7-8,10H2,1-2H3,(H,17,19). The molecule has 0 saturated carbocycles. The van der Waals surface area contributed by atoms with Crippen LogP contribution in [0, 0.1) is 0 Å². The van der Waals surface area contributed by atoms with Crippen molar-refractivity contribution >= 4 is 21.6 Å². The molecule has 0 aromatic heterocycles. The molecule has 0 spiro atoms. The Balaban J connectivity index is 2.08. The monoisotopic (exact) mass is 341 g/mol. The summed E-state index contributed by atoms with van der Waals surface area (Å²) in [7, 11) is -3.60. The highest BCUT2D eigenvalue weighted by Crippen LogP contribution is 2.16. The first-order chi connectivity index (χ1) is 10.9. The number of benzene rings is 1. The van der Waals surface area contributed by atoms with Crippen LogP contribution in [0.4, 0.5) is 5.69 Å². The summed E-state index contributed by atoms with van der Waals surface area (Å²) in [6.07, 6.45) is 0.697. The molecule has 1 fully saturated rings. The van der Waals surface area contributed by atoms with Crippen LogP contribution in [0.5, 0.6) is 0 Å². The molecule has 0 bridgehead atoms. The molecule has 0 aliphatic carbocycles. The van der Waals surface area contributed by atoms with E-state index in [0.717, 1.165) is 0 Å². The number of anilines is 1. The number of amides is 1. The largest absolute Gasteiger partial charge is 0.378 e. The number of carbonyl (C=O) groups is 1. The Kier molecular flexibility index (Phi) is 6.11. The quantitative estimate of drug-likeness (QED) is 0.707. The van der Waals surface area contributed by atoms with Crippen LogP contribution in [-0.2, 0) is 19.6 Å². The maximum absolute atomic E-state index is 12.3. The second-order valence-corrected chi connectivity index (χ2v) is 7.24. The fourth-order valence-electron chi connectivity index (χ4n) is 2.12. The topological polar surface area (TPSA) is 96.5 Å². The van der Waals surface area contributed by atoms with E-state index in [-0.39, 0.29) is 16.8 Å².